The number of nitrogens with zero attached hydrogens (tertiary/aromatic N) is 5. The first-order valence-electron chi connectivity index (χ1n) is 10.1. The molecule has 1 aromatic carbocycles. The summed E-state index contributed by atoms with van der Waals surface area (Å²) in [5, 5.41) is 5.67. The monoisotopic (exact) mass is 449 g/mol. The Balaban J connectivity index is 2.03. The third-order valence-electron chi connectivity index (χ3n) is 5.18. The zero-order valence-electron chi connectivity index (χ0n) is 18.1. The molecule has 30 heavy (non-hydrogen) atoms. The fourth-order valence-corrected chi connectivity index (χ4v) is 4.64. The number of rotatable bonds is 9. The summed E-state index contributed by atoms with van der Waals surface area (Å²) in [6, 6.07) is 5.42. The lowest BCUT2D eigenvalue weighted by Crippen LogP contribution is -2.39. The van der Waals surface area contributed by atoms with Gasteiger partial charge >= 0.3 is 0 Å². The fourth-order valence-electron chi connectivity index (χ4n) is 3.36. The molecule has 0 N–H and O–H groups in total. The number of carbonyl (C=O) groups excluding carboxylic acids is 1. The Hall–Kier alpha value is -2.16. The number of methoxy groups -OCH3 is 1. The first kappa shape index (κ1) is 22.5. The Morgan fingerprint density at radius 3 is 2.57 bits per heavy atom. The predicted octanol–water partition coefficient (Wildman–Crippen LogP) is 4.47. The third kappa shape index (κ3) is 4.45. The second-order valence-corrected chi connectivity index (χ2v) is 8.28. The second-order valence-electron chi connectivity index (χ2n) is 6.89. The third-order valence-corrected chi connectivity index (χ3v) is 6.72. The smallest absolute Gasteiger partial charge is 0.280 e. The van der Waals surface area contributed by atoms with Crippen molar-refractivity contribution in [3.05, 3.63) is 34.6 Å². The molecular weight excluding hydrogens is 422 g/mol. The van der Waals surface area contributed by atoms with E-state index < -0.39 is 0 Å². The maximum atomic E-state index is 13.5. The molecule has 0 aliphatic heterocycles. The SMILES string of the molecule is CCN(CC)CCN(C(=O)c1cc(C)n(CC)n1)c1nc2c(OC)ccc(Cl)c2s1. The van der Waals surface area contributed by atoms with Crippen molar-refractivity contribution in [2.45, 2.75) is 34.2 Å². The lowest BCUT2D eigenvalue weighted by molar-refractivity contribution is 0.0978. The van der Waals surface area contributed by atoms with Crippen LogP contribution in [0.2, 0.25) is 5.02 Å². The van der Waals surface area contributed by atoms with Gasteiger partial charge in [0.15, 0.2) is 10.8 Å². The lowest BCUT2D eigenvalue weighted by Gasteiger charge is -2.24. The van der Waals surface area contributed by atoms with Crippen LogP contribution in [0, 0.1) is 6.92 Å². The van der Waals surface area contributed by atoms with Crippen LogP contribution in [-0.2, 0) is 6.54 Å². The van der Waals surface area contributed by atoms with E-state index in [1.165, 1.54) is 11.3 Å². The van der Waals surface area contributed by atoms with Crippen LogP contribution in [0.15, 0.2) is 18.2 Å². The normalized spacial score (nSPS) is 11.4. The van der Waals surface area contributed by atoms with Gasteiger partial charge in [-0.1, -0.05) is 36.8 Å². The van der Waals surface area contributed by atoms with Crippen molar-refractivity contribution in [2.24, 2.45) is 0 Å². The number of hydrogen-bond acceptors (Lipinski definition) is 6. The van der Waals surface area contributed by atoms with Crippen LogP contribution >= 0.6 is 22.9 Å². The Labute approximate surface area is 186 Å². The number of hydrogen-bond donors (Lipinski definition) is 0. The summed E-state index contributed by atoms with van der Waals surface area (Å²) in [7, 11) is 1.60. The van der Waals surface area contributed by atoms with Crippen LogP contribution in [0.5, 0.6) is 5.75 Å². The first-order valence-corrected chi connectivity index (χ1v) is 11.3. The minimum atomic E-state index is -0.161. The zero-order chi connectivity index (χ0) is 21.8. The van der Waals surface area contributed by atoms with Crippen molar-refractivity contribution >= 4 is 44.2 Å². The Morgan fingerprint density at radius 2 is 1.97 bits per heavy atom. The summed E-state index contributed by atoms with van der Waals surface area (Å²) >= 11 is 7.80. The minimum Gasteiger partial charge on any atom is -0.494 e. The molecular formula is C21H28ClN5O2S. The number of aryl methyl sites for hydroxylation is 2. The van der Waals surface area contributed by atoms with Gasteiger partial charge in [-0.25, -0.2) is 4.98 Å². The average Bonchev–Trinajstić information content (AvgIpc) is 3.35. The van der Waals surface area contributed by atoms with E-state index in [1.807, 2.05) is 24.6 Å². The largest absolute Gasteiger partial charge is 0.494 e. The van der Waals surface area contributed by atoms with Crippen LogP contribution in [-0.4, -0.2) is 58.9 Å². The summed E-state index contributed by atoms with van der Waals surface area (Å²) in [6.45, 7) is 12.0. The van der Waals surface area contributed by atoms with Crippen molar-refractivity contribution in [1.29, 1.82) is 0 Å². The van der Waals surface area contributed by atoms with E-state index in [2.05, 4.69) is 23.8 Å². The van der Waals surface area contributed by atoms with Crippen LogP contribution in [0.1, 0.15) is 37.0 Å². The molecule has 2 heterocycles. The van der Waals surface area contributed by atoms with Gasteiger partial charge in [0.1, 0.15) is 11.3 Å². The van der Waals surface area contributed by atoms with E-state index in [9.17, 15) is 4.79 Å². The number of fused-ring (bicyclic) bond motifs is 1. The van der Waals surface area contributed by atoms with Crippen molar-refractivity contribution in [3.63, 3.8) is 0 Å². The molecule has 0 spiro atoms. The molecule has 0 saturated carbocycles. The van der Waals surface area contributed by atoms with Gasteiger partial charge in [0.2, 0.25) is 0 Å². The van der Waals surface area contributed by atoms with E-state index in [1.54, 1.807) is 24.1 Å². The Kier molecular flexibility index (Phi) is 7.33. The number of carbonyl (C=O) groups is 1. The maximum absolute atomic E-state index is 13.5. The standard InChI is InChI=1S/C21H28ClN5O2S/c1-6-25(7-2)11-12-26(20(28)16-13-14(4)27(8-3)24-16)21-23-18-17(29-5)10-9-15(22)19(18)30-21/h9-10,13H,6-8,11-12H2,1-5H3. The molecule has 0 aliphatic rings. The Bertz CT molecular complexity index is 1030. The highest BCUT2D eigenvalue weighted by molar-refractivity contribution is 7.23. The summed E-state index contributed by atoms with van der Waals surface area (Å²) in [6.07, 6.45) is 0. The second kappa shape index (κ2) is 9.76. The van der Waals surface area contributed by atoms with E-state index >= 15 is 0 Å². The van der Waals surface area contributed by atoms with Gasteiger partial charge in [-0.05, 0) is 45.1 Å². The van der Waals surface area contributed by atoms with Crippen LogP contribution in [0.25, 0.3) is 10.2 Å². The molecule has 0 fully saturated rings. The van der Waals surface area contributed by atoms with Crippen molar-refractivity contribution in [3.8, 4) is 5.75 Å². The van der Waals surface area contributed by atoms with E-state index in [-0.39, 0.29) is 5.91 Å². The Morgan fingerprint density at radius 1 is 1.23 bits per heavy atom. The summed E-state index contributed by atoms with van der Waals surface area (Å²) in [4.78, 5) is 22.2. The highest BCUT2D eigenvalue weighted by atomic mass is 35.5. The number of halogens is 1. The molecule has 0 radical (unpaired) electrons. The molecule has 162 valence electrons. The molecule has 3 rings (SSSR count). The van der Waals surface area contributed by atoms with Crippen LogP contribution in [0.3, 0.4) is 0 Å². The van der Waals surface area contributed by atoms with Gasteiger partial charge in [0, 0.05) is 25.3 Å². The molecule has 0 aliphatic carbocycles. The quantitative estimate of drug-likeness (QED) is 0.482. The highest BCUT2D eigenvalue weighted by Crippen LogP contribution is 2.39. The van der Waals surface area contributed by atoms with Gasteiger partial charge < -0.3 is 9.64 Å². The number of amides is 1. The summed E-state index contributed by atoms with van der Waals surface area (Å²) in [5.74, 6) is 0.478. The number of thiazole rings is 1. The minimum absolute atomic E-state index is 0.161. The van der Waals surface area contributed by atoms with Crippen LogP contribution in [0.4, 0.5) is 5.13 Å². The number of benzene rings is 1. The molecule has 9 heteroatoms. The predicted molar refractivity (Wildman–Crippen MR) is 123 cm³/mol. The van der Waals surface area contributed by atoms with E-state index in [0.29, 0.717) is 40.2 Å². The molecule has 0 saturated heterocycles. The zero-order valence-corrected chi connectivity index (χ0v) is 19.7. The molecule has 0 atom stereocenters. The molecule has 7 nitrogen and oxygen atoms in total. The lowest BCUT2D eigenvalue weighted by atomic mass is 10.3. The fraction of sp³-hybridized carbons (Fsp3) is 0.476. The van der Waals surface area contributed by atoms with Crippen molar-refractivity contribution < 1.29 is 9.53 Å². The molecule has 2 aromatic heterocycles. The summed E-state index contributed by atoms with van der Waals surface area (Å²) < 4.78 is 8.08. The van der Waals surface area contributed by atoms with Gasteiger partial charge in [-0.15, -0.1) is 0 Å². The number of likely N-dealkylation sites (N-methyl/N-ethyl adjacent to an activating group) is 1. The summed E-state index contributed by atoms with van der Waals surface area (Å²) in [5.41, 5.74) is 2.05. The molecule has 0 unspecified atom stereocenters. The maximum Gasteiger partial charge on any atom is 0.280 e. The average molecular weight is 450 g/mol. The van der Waals surface area contributed by atoms with Gasteiger partial charge in [0.25, 0.3) is 5.91 Å². The molecule has 0 bridgehead atoms. The number of ether oxygens (including phenoxy) is 1. The van der Waals surface area contributed by atoms with E-state index in [4.69, 9.17) is 21.3 Å². The van der Waals surface area contributed by atoms with Gasteiger partial charge in [-0.2, -0.15) is 5.10 Å². The highest BCUT2D eigenvalue weighted by Gasteiger charge is 2.25. The van der Waals surface area contributed by atoms with Gasteiger partial charge in [0.05, 0.1) is 16.8 Å². The van der Waals surface area contributed by atoms with Crippen LogP contribution < -0.4 is 9.64 Å². The number of anilines is 1. The first-order chi connectivity index (χ1) is 14.4. The van der Waals surface area contributed by atoms with E-state index in [0.717, 1.165) is 30.0 Å². The van der Waals surface area contributed by atoms with Gasteiger partial charge in [-0.3, -0.25) is 14.4 Å². The number of aromatic nitrogens is 3. The molecule has 1 amide bonds. The van der Waals surface area contributed by atoms with Crippen molar-refractivity contribution in [2.75, 3.05) is 38.2 Å². The van der Waals surface area contributed by atoms with Crippen molar-refractivity contribution in [1.82, 2.24) is 19.7 Å². The molecule has 3 aromatic rings. The topological polar surface area (TPSA) is 63.5 Å².